The normalized spacial score (nSPS) is 10.3. The second-order valence-corrected chi connectivity index (χ2v) is 7.03. The smallest absolute Gasteiger partial charge is 0.341 e. The summed E-state index contributed by atoms with van der Waals surface area (Å²) < 4.78 is 5.18. The molecule has 3 aromatic rings. The molecule has 1 aromatic carbocycles. The number of carbonyl (C=O) groups excluding carboxylic acids is 1. The van der Waals surface area contributed by atoms with Crippen LogP contribution in [0.5, 0.6) is 0 Å². The van der Waals surface area contributed by atoms with Crippen molar-refractivity contribution in [1.82, 2.24) is 10.3 Å². The number of rotatable bonds is 6. The highest BCUT2D eigenvalue weighted by atomic mass is 32.1. The number of thiophene rings is 1. The van der Waals surface area contributed by atoms with E-state index < -0.39 is 0 Å². The average Bonchev–Trinajstić information content (AvgIpc) is 3.12. The molecule has 0 aliphatic rings. The highest BCUT2D eigenvalue weighted by Crippen LogP contribution is 2.35. The number of hydrogen-bond donors (Lipinski definition) is 2. The van der Waals surface area contributed by atoms with Crippen LogP contribution in [0.1, 0.15) is 23.0 Å². The van der Waals surface area contributed by atoms with Crippen LogP contribution in [0.25, 0.3) is 10.4 Å². The summed E-state index contributed by atoms with van der Waals surface area (Å²) in [7, 11) is 0. The molecule has 7 heteroatoms. The predicted octanol–water partition coefficient (Wildman–Crippen LogP) is 4.47. The molecule has 5 nitrogen and oxygen atoms in total. The molecule has 0 bridgehead atoms. The lowest BCUT2D eigenvalue weighted by molar-refractivity contribution is 0.0528. The van der Waals surface area contributed by atoms with Crippen molar-refractivity contribution in [3.05, 3.63) is 72.1 Å². The summed E-state index contributed by atoms with van der Waals surface area (Å²) in [5, 5.41) is 7.31. The van der Waals surface area contributed by atoms with Gasteiger partial charge in [0.15, 0.2) is 5.11 Å². The topological polar surface area (TPSA) is 63.2 Å². The van der Waals surface area contributed by atoms with Gasteiger partial charge in [-0.1, -0.05) is 36.4 Å². The van der Waals surface area contributed by atoms with Gasteiger partial charge in [-0.3, -0.25) is 4.98 Å². The van der Waals surface area contributed by atoms with E-state index in [4.69, 9.17) is 17.0 Å². The van der Waals surface area contributed by atoms with E-state index in [1.54, 1.807) is 13.1 Å². The number of carbonyl (C=O) groups is 1. The van der Waals surface area contributed by atoms with Crippen LogP contribution in [-0.4, -0.2) is 22.7 Å². The zero-order chi connectivity index (χ0) is 19.1. The average molecular weight is 398 g/mol. The summed E-state index contributed by atoms with van der Waals surface area (Å²) in [6.07, 6.45) is 1.73. The van der Waals surface area contributed by atoms with Gasteiger partial charge in [0.1, 0.15) is 5.00 Å². The molecule has 0 amide bonds. The summed E-state index contributed by atoms with van der Waals surface area (Å²) in [6.45, 7) is 2.60. The van der Waals surface area contributed by atoms with Gasteiger partial charge in [0.05, 0.1) is 24.4 Å². The van der Waals surface area contributed by atoms with Gasteiger partial charge in [0, 0.05) is 11.1 Å². The summed E-state index contributed by atoms with van der Waals surface area (Å²) in [5.74, 6) is -0.369. The van der Waals surface area contributed by atoms with Crippen LogP contribution >= 0.6 is 23.6 Å². The Balaban J connectivity index is 1.77. The minimum atomic E-state index is -0.369. The van der Waals surface area contributed by atoms with Crippen LogP contribution in [0.2, 0.25) is 0 Å². The van der Waals surface area contributed by atoms with Crippen LogP contribution in [0, 0.1) is 0 Å². The zero-order valence-electron chi connectivity index (χ0n) is 14.8. The molecule has 2 heterocycles. The molecule has 3 rings (SSSR count). The fourth-order valence-electron chi connectivity index (χ4n) is 2.41. The number of nitrogens with zero attached hydrogens (tertiary/aromatic N) is 1. The van der Waals surface area contributed by atoms with Gasteiger partial charge in [0.25, 0.3) is 0 Å². The Labute approximate surface area is 167 Å². The molecule has 27 heavy (non-hydrogen) atoms. The van der Waals surface area contributed by atoms with Gasteiger partial charge in [-0.05, 0) is 42.9 Å². The number of anilines is 1. The third-order valence-corrected chi connectivity index (χ3v) is 5.01. The molecule has 0 saturated heterocycles. The van der Waals surface area contributed by atoms with Gasteiger partial charge >= 0.3 is 5.97 Å². The fourth-order valence-corrected chi connectivity index (χ4v) is 3.70. The highest BCUT2D eigenvalue weighted by Gasteiger charge is 2.19. The number of ether oxygens (including phenoxy) is 1. The number of thiocarbonyl (C=S) groups is 1. The lowest BCUT2D eigenvalue weighted by Crippen LogP contribution is -2.28. The molecule has 0 aliphatic carbocycles. The van der Waals surface area contributed by atoms with Crippen molar-refractivity contribution < 1.29 is 9.53 Å². The van der Waals surface area contributed by atoms with Crippen LogP contribution < -0.4 is 10.6 Å². The predicted molar refractivity (Wildman–Crippen MR) is 113 cm³/mol. The first-order valence-corrected chi connectivity index (χ1v) is 9.71. The molecule has 2 aromatic heterocycles. The van der Waals surface area contributed by atoms with Gasteiger partial charge in [0.2, 0.25) is 0 Å². The van der Waals surface area contributed by atoms with Crippen LogP contribution in [0.3, 0.4) is 0 Å². The molecule has 0 aliphatic heterocycles. The zero-order valence-corrected chi connectivity index (χ0v) is 16.4. The largest absolute Gasteiger partial charge is 0.462 e. The van der Waals surface area contributed by atoms with Gasteiger partial charge < -0.3 is 15.4 Å². The minimum absolute atomic E-state index is 0.317. The van der Waals surface area contributed by atoms with Crippen molar-refractivity contribution in [2.24, 2.45) is 0 Å². The van der Waals surface area contributed by atoms with Crippen LogP contribution in [0.15, 0.2) is 60.8 Å². The SMILES string of the molecule is CCOC(=O)c1cc(-c2ccccc2)sc1NC(=S)NCc1ccccn1. The summed E-state index contributed by atoms with van der Waals surface area (Å²) in [6, 6.07) is 17.4. The number of hydrogen-bond acceptors (Lipinski definition) is 5. The van der Waals surface area contributed by atoms with E-state index in [0.29, 0.717) is 28.8 Å². The Bertz CT molecular complexity index is 911. The molecule has 0 fully saturated rings. The monoisotopic (exact) mass is 397 g/mol. The van der Waals surface area contributed by atoms with E-state index in [2.05, 4.69) is 15.6 Å². The molecule has 0 spiro atoms. The lowest BCUT2D eigenvalue weighted by atomic mass is 10.1. The van der Waals surface area contributed by atoms with Gasteiger partial charge in [-0.2, -0.15) is 0 Å². The van der Waals surface area contributed by atoms with E-state index >= 15 is 0 Å². The molecule has 0 saturated carbocycles. The van der Waals surface area contributed by atoms with E-state index in [1.807, 2.05) is 54.6 Å². The molecule has 2 N–H and O–H groups in total. The Morgan fingerprint density at radius 3 is 2.67 bits per heavy atom. The lowest BCUT2D eigenvalue weighted by Gasteiger charge is -2.10. The second kappa shape index (κ2) is 9.25. The number of esters is 1. The second-order valence-electron chi connectivity index (χ2n) is 5.57. The Hall–Kier alpha value is -2.77. The maximum atomic E-state index is 12.3. The molecular weight excluding hydrogens is 378 g/mol. The van der Waals surface area contributed by atoms with Crippen molar-refractivity contribution in [2.45, 2.75) is 13.5 Å². The molecule has 0 unspecified atom stereocenters. The summed E-state index contributed by atoms with van der Waals surface area (Å²) in [4.78, 5) is 17.6. The molecular formula is C20H19N3O2S2. The van der Waals surface area contributed by atoms with Gasteiger partial charge in [-0.25, -0.2) is 4.79 Å². The molecule has 138 valence electrons. The Morgan fingerprint density at radius 1 is 1.19 bits per heavy atom. The summed E-state index contributed by atoms with van der Waals surface area (Å²) in [5.41, 5.74) is 2.39. The minimum Gasteiger partial charge on any atom is -0.462 e. The standard InChI is InChI=1S/C20H19N3O2S2/c1-2-25-19(24)16-12-17(14-8-4-3-5-9-14)27-18(16)23-20(26)22-13-15-10-6-7-11-21-15/h3-12H,2,13H2,1H3,(H2,22,23,26). The van der Waals surface area contributed by atoms with E-state index in [9.17, 15) is 4.79 Å². The number of benzene rings is 1. The third kappa shape index (κ3) is 5.12. The summed E-state index contributed by atoms with van der Waals surface area (Å²) >= 11 is 6.84. The van der Waals surface area contributed by atoms with Crippen molar-refractivity contribution in [2.75, 3.05) is 11.9 Å². The maximum Gasteiger partial charge on any atom is 0.341 e. The Morgan fingerprint density at radius 2 is 1.96 bits per heavy atom. The first-order valence-electron chi connectivity index (χ1n) is 8.48. The van der Waals surface area contributed by atoms with E-state index in [-0.39, 0.29) is 5.97 Å². The van der Waals surface area contributed by atoms with E-state index in [1.165, 1.54) is 11.3 Å². The Kier molecular flexibility index (Phi) is 6.51. The van der Waals surface area contributed by atoms with Crippen molar-refractivity contribution >= 4 is 39.6 Å². The molecule has 0 atom stereocenters. The van der Waals surface area contributed by atoms with Crippen molar-refractivity contribution in [3.8, 4) is 10.4 Å². The number of pyridine rings is 1. The first-order chi connectivity index (χ1) is 13.2. The maximum absolute atomic E-state index is 12.3. The molecule has 0 radical (unpaired) electrons. The first kappa shape index (κ1) is 19.0. The fraction of sp³-hybridized carbons (Fsp3) is 0.150. The van der Waals surface area contributed by atoms with Crippen LogP contribution in [-0.2, 0) is 11.3 Å². The number of aromatic nitrogens is 1. The van der Waals surface area contributed by atoms with Crippen LogP contribution in [0.4, 0.5) is 5.00 Å². The highest BCUT2D eigenvalue weighted by molar-refractivity contribution is 7.80. The van der Waals surface area contributed by atoms with E-state index in [0.717, 1.165) is 16.1 Å². The van der Waals surface area contributed by atoms with Crippen molar-refractivity contribution in [3.63, 3.8) is 0 Å². The van der Waals surface area contributed by atoms with Crippen molar-refractivity contribution in [1.29, 1.82) is 0 Å². The third-order valence-electron chi connectivity index (χ3n) is 3.67. The van der Waals surface area contributed by atoms with Gasteiger partial charge in [-0.15, -0.1) is 11.3 Å². The quantitative estimate of drug-likeness (QED) is 0.473. The number of nitrogens with one attached hydrogen (secondary N) is 2.